The normalized spacial score (nSPS) is 10.8. The lowest BCUT2D eigenvalue weighted by Crippen LogP contribution is -2.13. The maximum atomic E-state index is 2.33. The molecule has 250 valence electrons. The molecular weight excluding hydrogens is 631 g/mol. The van der Waals surface area contributed by atoms with E-state index in [9.17, 15) is 0 Å². The smallest absolute Gasteiger partial charge is 0.0463 e. The second-order valence-electron chi connectivity index (χ2n) is 12.8. The lowest BCUT2D eigenvalue weighted by atomic mass is 10.0. The van der Waals surface area contributed by atoms with Crippen LogP contribution in [-0.2, 0) is 0 Å². The molecule has 0 saturated heterocycles. The van der Waals surface area contributed by atoms with Crippen LogP contribution < -0.4 is 14.7 Å². The maximum Gasteiger partial charge on any atom is 0.0463 e. The monoisotopic (exact) mass is 669 g/mol. The van der Waals surface area contributed by atoms with Gasteiger partial charge < -0.3 is 14.7 Å². The molecule has 0 saturated carbocycles. The van der Waals surface area contributed by atoms with Crippen LogP contribution in [0.2, 0.25) is 0 Å². The summed E-state index contributed by atoms with van der Waals surface area (Å²) in [5, 5.41) is 0. The Bertz CT molecular complexity index is 2100. The Balaban J connectivity index is 1.19. The molecule has 0 aliphatic rings. The van der Waals surface area contributed by atoms with Crippen LogP contribution in [-0.4, -0.2) is 0 Å². The van der Waals surface area contributed by atoms with Gasteiger partial charge in [0.25, 0.3) is 0 Å². The van der Waals surface area contributed by atoms with Crippen LogP contribution in [0.4, 0.5) is 51.2 Å². The number of nitrogens with zero attached hydrogens (tertiary/aromatic N) is 3. The summed E-state index contributed by atoms with van der Waals surface area (Å²) in [4.78, 5) is 6.92. The Morgan fingerprint density at radius 2 is 0.404 bits per heavy atom. The minimum Gasteiger partial charge on any atom is -0.311 e. The molecule has 0 aromatic heterocycles. The first-order chi connectivity index (χ1) is 25.7. The van der Waals surface area contributed by atoms with Crippen LogP contribution in [0.1, 0.15) is 5.56 Å². The van der Waals surface area contributed by atoms with E-state index in [1.165, 1.54) is 16.7 Å². The number of hydrogen-bond donors (Lipinski definition) is 0. The quantitative estimate of drug-likeness (QED) is 0.143. The Morgan fingerprint density at radius 1 is 0.212 bits per heavy atom. The molecule has 0 N–H and O–H groups in total. The summed E-state index contributed by atoms with van der Waals surface area (Å²) in [6.45, 7) is 2.12. The van der Waals surface area contributed by atoms with Gasteiger partial charge in [-0.1, -0.05) is 115 Å². The fourth-order valence-corrected chi connectivity index (χ4v) is 6.70. The fourth-order valence-electron chi connectivity index (χ4n) is 6.70. The maximum absolute atomic E-state index is 2.33. The number of anilines is 9. The lowest BCUT2D eigenvalue weighted by molar-refractivity contribution is 1.24. The molecule has 0 radical (unpaired) electrons. The van der Waals surface area contributed by atoms with Crippen molar-refractivity contribution in [3.05, 3.63) is 224 Å². The van der Waals surface area contributed by atoms with Gasteiger partial charge in [-0.25, -0.2) is 0 Å². The van der Waals surface area contributed by atoms with Gasteiger partial charge in [-0.15, -0.1) is 0 Å². The van der Waals surface area contributed by atoms with Crippen molar-refractivity contribution >= 4 is 51.2 Å². The average molecular weight is 670 g/mol. The number of aryl methyl sites for hydroxylation is 1. The summed E-state index contributed by atoms with van der Waals surface area (Å²) in [6.07, 6.45) is 0. The highest BCUT2D eigenvalue weighted by atomic mass is 15.2. The van der Waals surface area contributed by atoms with E-state index in [2.05, 4.69) is 240 Å². The van der Waals surface area contributed by atoms with Crippen LogP contribution in [0.25, 0.3) is 11.1 Å². The summed E-state index contributed by atoms with van der Waals surface area (Å²) in [6, 6.07) is 77.4. The summed E-state index contributed by atoms with van der Waals surface area (Å²) < 4.78 is 0. The van der Waals surface area contributed by atoms with Crippen molar-refractivity contribution in [3.63, 3.8) is 0 Å². The molecule has 0 bridgehead atoms. The summed E-state index contributed by atoms with van der Waals surface area (Å²) in [5.74, 6) is 0. The number of para-hydroxylation sites is 4. The van der Waals surface area contributed by atoms with Gasteiger partial charge in [-0.05, 0) is 127 Å². The Morgan fingerprint density at radius 3 is 0.654 bits per heavy atom. The molecule has 3 heteroatoms. The summed E-state index contributed by atoms with van der Waals surface area (Å²) >= 11 is 0. The van der Waals surface area contributed by atoms with E-state index in [4.69, 9.17) is 0 Å². The van der Waals surface area contributed by atoms with E-state index in [1.54, 1.807) is 0 Å². The van der Waals surface area contributed by atoms with Crippen LogP contribution >= 0.6 is 0 Å². The molecule has 0 spiro atoms. The predicted molar refractivity (Wildman–Crippen MR) is 221 cm³/mol. The van der Waals surface area contributed by atoms with Crippen molar-refractivity contribution in [2.75, 3.05) is 14.7 Å². The number of benzene rings is 8. The molecule has 0 fully saturated rings. The zero-order valence-electron chi connectivity index (χ0n) is 29.1. The molecule has 52 heavy (non-hydrogen) atoms. The van der Waals surface area contributed by atoms with E-state index in [0.717, 1.165) is 51.2 Å². The topological polar surface area (TPSA) is 9.72 Å². The standard InChI is InChI=1S/C49H39N3/c1-38-22-24-39(25-23-38)40-26-28-45(29-27-40)52(48-34-30-46(31-35-48)50(41-14-6-2-7-15-41)42-16-8-3-9-17-42)49-36-32-47(33-37-49)51(43-18-10-4-11-19-43)44-20-12-5-13-21-44/h2-37H,1H3. The molecule has 0 unspecified atom stereocenters. The highest BCUT2D eigenvalue weighted by molar-refractivity contribution is 5.84. The van der Waals surface area contributed by atoms with Gasteiger partial charge in [-0.3, -0.25) is 0 Å². The van der Waals surface area contributed by atoms with Crippen molar-refractivity contribution in [2.45, 2.75) is 6.92 Å². The Hall–Kier alpha value is -6.84. The van der Waals surface area contributed by atoms with Gasteiger partial charge >= 0.3 is 0 Å². The molecule has 0 atom stereocenters. The third-order valence-corrected chi connectivity index (χ3v) is 9.30. The zero-order chi connectivity index (χ0) is 35.1. The van der Waals surface area contributed by atoms with Crippen molar-refractivity contribution in [1.82, 2.24) is 0 Å². The number of hydrogen-bond acceptors (Lipinski definition) is 3. The Labute approximate surface area is 306 Å². The van der Waals surface area contributed by atoms with Gasteiger partial charge in [0.15, 0.2) is 0 Å². The van der Waals surface area contributed by atoms with Gasteiger partial charge in [0.1, 0.15) is 0 Å². The molecule has 0 aliphatic carbocycles. The Kier molecular flexibility index (Phi) is 9.31. The highest BCUT2D eigenvalue weighted by Crippen LogP contribution is 2.41. The van der Waals surface area contributed by atoms with Gasteiger partial charge in [-0.2, -0.15) is 0 Å². The second kappa shape index (κ2) is 15.0. The lowest BCUT2D eigenvalue weighted by Gasteiger charge is -2.29. The van der Waals surface area contributed by atoms with E-state index in [-0.39, 0.29) is 0 Å². The van der Waals surface area contributed by atoms with Gasteiger partial charge in [0, 0.05) is 51.2 Å². The molecule has 3 nitrogen and oxygen atoms in total. The second-order valence-corrected chi connectivity index (χ2v) is 12.8. The van der Waals surface area contributed by atoms with Gasteiger partial charge in [0.2, 0.25) is 0 Å². The third-order valence-electron chi connectivity index (χ3n) is 9.30. The highest BCUT2D eigenvalue weighted by Gasteiger charge is 2.18. The minimum absolute atomic E-state index is 1.07. The van der Waals surface area contributed by atoms with Crippen LogP contribution in [0, 0.1) is 6.92 Å². The van der Waals surface area contributed by atoms with Crippen molar-refractivity contribution in [1.29, 1.82) is 0 Å². The largest absolute Gasteiger partial charge is 0.311 e. The molecule has 8 rings (SSSR count). The predicted octanol–water partition coefficient (Wildman–Crippen LogP) is 14.1. The van der Waals surface area contributed by atoms with E-state index in [0.29, 0.717) is 0 Å². The third kappa shape index (κ3) is 6.94. The summed E-state index contributed by atoms with van der Waals surface area (Å²) in [5.41, 5.74) is 13.5. The van der Waals surface area contributed by atoms with Crippen molar-refractivity contribution in [2.24, 2.45) is 0 Å². The molecule has 0 heterocycles. The first-order valence-corrected chi connectivity index (χ1v) is 17.7. The SMILES string of the molecule is Cc1ccc(-c2ccc(N(c3ccc(N(c4ccccc4)c4ccccc4)cc3)c3ccc(N(c4ccccc4)c4ccccc4)cc3)cc2)cc1. The van der Waals surface area contributed by atoms with Crippen molar-refractivity contribution in [3.8, 4) is 11.1 Å². The van der Waals surface area contributed by atoms with Crippen LogP contribution in [0.5, 0.6) is 0 Å². The van der Waals surface area contributed by atoms with E-state index >= 15 is 0 Å². The molecule has 0 amide bonds. The van der Waals surface area contributed by atoms with Crippen LogP contribution in [0.15, 0.2) is 218 Å². The first kappa shape index (κ1) is 32.4. The molecular formula is C49H39N3. The van der Waals surface area contributed by atoms with Crippen LogP contribution in [0.3, 0.4) is 0 Å². The zero-order valence-corrected chi connectivity index (χ0v) is 29.1. The minimum atomic E-state index is 1.07. The molecule has 8 aromatic carbocycles. The number of rotatable bonds is 10. The van der Waals surface area contributed by atoms with E-state index in [1.807, 2.05) is 0 Å². The summed E-state index contributed by atoms with van der Waals surface area (Å²) in [7, 11) is 0. The molecule has 0 aliphatic heterocycles. The van der Waals surface area contributed by atoms with E-state index < -0.39 is 0 Å². The van der Waals surface area contributed by atoms with Gasteiger partial charge in [0.05, 0.1) is 0 Å². The van der Waals surface area contributed by atoms with Crippen molar-refractivity contribution < 1.29 is 0 Å². The fraction of sp³-hybridized carbons (Fsp3) is 0.0204. The average Bonchev–Trinajstić information content (AvgIpc) is 3.22. The molecule has 8 aromatic rings. The first-order valence-electron chi connectivity index (χ1n) is 17.7.